The first-order valence-electron chi connectivity index (χ1n) is 9.30. The lowest BCUT2D eigenvalue weighted by Gasteiger charge is -2.34. The zero-order valence-electron chi connectivity index (χ0n) is 16.5. The van der Waals surface area contributed by atoms with Gasteiger partial charge in [0.25, 0.3) is 0 Å². The first-order valence-corrected chi connectivity index (χ1v) is 9.30. The van der Waals surface area contributed by atoms with E-state index in [0.29, 0.717) is 34.4 Å². The Bertz CT molecular complexity index is 1060. The summed E-state index contributed by atoms with van der Waals surface area (Å²) in [5.74, 6) is 0.00507. The molecule has 4 rings (SSSR count). The molecule has 9 nitrogen and oxygen atoms in total. The molecule has 0 radical (unpaired) electrons. The molecule has 1 fully saturated rings. The lowest BCUT2D eigenvalue weighted by Crippen LogP contribution is -2.46. The Labute approximate surface area is 171 Å². The van der Waals surface area contributed by atoms with Crippen LogP contribution in [-0.2, 0) is 14.3 Å². The van der Waals surface area contributed by atoms with E-state index in [1.165, 1.54) is 12.1 Å². The number of nitrogens with zero attached hydrogens (tertiary/aromatic N) is 3. The van der Waals surface area contributed by atoms with Crippen molar-refractivity contribution in [2.45, 2.75) is 13.2 Å². The fraction of sp³-hybridized carbons (Fsp3) is 0.300. The molecule has 0 aliphatic carbocycles. The van der Waals surface area contributed by atoms with Gasteiger partial charge in [-0.2, -0.15) is 0 Å². The van der Waals surface area contributed by atoms with Crippen LogP contribution < -0.4 is 11.1 Å². The Morgan fingerprint density at radius 1 is 1.23 bits per heavy atom. The van der Waals surface area contributed by atoms with Crippen LogP contribution in [0.1, 0.15) is 19.0 Å². The van der Waals surface area contributed by atoms with Gasteiger partial charge in [-0.15, -0.1) is 0 Å². The number of aromatic amines is 1. The number of carbonyl (C=O) groups excluding carboxylic acids is 1. The predicted molar refractivity (Wildman–Crippen MR) is 107 cm³/mol. The molecule has 10 heteroatoms. The van der Waals surface area contributed by atoms with Crippen LogP contribution in [0.4, 0.5) is 10.3 Å². The van der Waals surface area contributed by atoms with E-state index in [-0.39, 0.29) is 19.0 Å². The molecule has 156 valence electrons. The fourth-order valence-electron chi connectivity index (χ4n) is 3.03. The molecule has 3 aromatic rings. The number of amides is 1. The number of primary amides is 1. The SMILES string of the molecule is CNc1nccc(-c2[nH]c(C3OCC(C)(C(N)=O)CO3)nc2-c2ccc(F)cc2)n1. The van der Waals surface area contributed by atoms with Crippen LogP contribution in [0.2, 0.25) is 0 Å². The second-order valence-electron chi connectivity index (χ2n) is 7.25. The summed E-state index contributed by atoms with van der Waals surface area (Å²) in [6, 6.07) is 7.71. The number of rotatable bonds is 5. The van der Waals surface area contributed by atoms with Crippen LogP contribution in [-0.4, -0.2) is 46.1 Å². The highest BCUT2D eigenvalue weighted by atomic mass is 19.1. The minimum atomic E-state index is -0.903. The molecular weight excluding hydrogens is 391 g/mol. The summed E-state index contributed by atoms with van der Waals surface area (Å²) in [6.45, 7) is 1.89. The summed E-state index contributed by atoms with van der Waals surface area (Å²) >= 11 is 0. The van der Waals surface area contributed by atoms with Crippen LogP contribution in [0.5, 0.6) is 0 Å². The largest absolute Gasteiger partial charge is 0.369 e. The topological polar surface area (TPSA) is 128 Å². The van der Waals surface area contributed by atoms with Crippen LogP contribution in [0.25, 0.3) is 22.6 Å². The molecule has 0 spiro atoms. The Morgan fingerprint density at radius 3 is 2.57 bits per heavy atom. The van der Waals surface area contributed by atoms with E-state index in [9.17, 15) is 9.18 Å². The number of hydrogen-bond acceptors (Lipinski definition) is 7. The van der Waals surface area contributed by atoms with Gasteiger partial charge in [-0.3, -0.25) is 4.79 Å². The third kappa shape index (κ3) is 3.74. The Hall–Kier alpha value is -3.37. The standard InChI is InChI=1S/C20H21FN6O3/c1-20(18(22)28)9-29-17(30-10-20)16-26-14(11-3-5-12(21)6-4-11)15(27-16)13-7-8-24-19(23-2)25-13/h3-8,17H,9-10H2,1-2H3,(H2,22,28)(H,26,27)(H,23,24,25). The second-order valence-corrected chi connectivity index (χ2v) is 7.25. The van der Waals surface area contributed by atoms with Gasteiger partial charge in [0.05, 0.1) is 35.7 Å². The normalized spacial score (nSPS) is 21.4. The third-order valence-corrected chi connectivity index (χ3v) is 4.90. The van der Waals surface area contributed by atoms with Crippen LogP contribution in [0.15, 0.2) is 36.5 Å². The molecule has 1 aromatic carbocycles. The molecule has 1 aliphatic rings. The quantitative estimate of drug-likeness (QED) is 0.586. The number of nitrogens with two attached hydrogens (primary N) is 1. The molecule has 1 amide bonds. The van der Waals surface area contributed by atoms with E-state index in [4.69, 9.17) is 15.2 Å². The molecule has 0 saturated carbocycles. The van der Waals surface area contributed by atoms with E-state index in [1.807, 2.05) is 0 Å². The monoisotopic (exact) mass is 412 g/mol. The van der Waals surface area contributed by atoms with Gasteiger partial charge in [-0.25, -0.2) is 19.3 Å². The van der Waals surface area contributed by atoms with Crippen LogP contribution in [0.3, 0.4) is 0 Å². The minimum Gasteiger partial charge on any atom is -0.369 e. The van der Waals surface area contributed by atoms with Gasteiger partial charge in [-0.05, 0) is 37.3 Å². The summed E-state index contributed by atoms with van der Waals surface area (Å²) in [5, 5.41) is 2.89. The number of ether oxygens (including phenoxy) is 2. The Balaban J connectivity index is 1.73. The first-order chi connectivity index (χ1) is 14.4. The lowest BCUT2D eigenvalue weighted by atomic mass is 9.91. The smallest absolute Gasteiger partial charge is 0.228 e. The van der Waals surface area contributed by atoms with Crippen LogP contribution in [0, 0.1) is 11.2 Å². The van der Waals surface area contributed by atoms with Gasteiger partial charge in [0.15, 0.2) is 5.82 Å². The van der Waals surface area contributed by atoms with Crippen molar-refractivity contribution < 1.29 is 18.7 Å². The van der Waals surface area contributed by atoms with E-state index in [2.05, 4.69) is 25.3 Å². The summed E-state index contributed by atoms with van der Waals surface area (Å²) in [7, 11) is 1.72. The van der Waals surface area contributed by atoms with Crippen molar-refractivity contribution in [2.24, 2.45) is 11.1 Å². The maximum atomic E-state index is 13.4. The van der Waals surface area contributed by atoms with Gasteiger partial charge >= 0.3 is 0 Å². The van der Waals surface area contributed by atoms with Gasteiger partial charge in [0.1, 0.15) is 5.82 Å². The zero-order valence-corrected chi connectivity index (χ0v) is 16.5. The van der Waals surface area contributed by atoms with Crippen molar-refractivity contribution in [2.75, 3.05) is 25.6 Å². The number of imidazole rings is 1. The minimum absolute atomic E-state index is 0.103. The third-order valence-electron chi connectivity index (χ3n) is 4.90. The number of carbonyl (C=O) groups is 1. The highest BCUT2D eigenvalue weighted by Gasteiger charge is 2.39. The van der Waals surface area contributed by atoms with Crippen molar-refractivity contribution >= 4 is 11.9 Å². The lowest BCUT2D eigenvalue weighted by molar-refractivity contribution is -0.230. The molecule has 0 bridgehead atoms. The van der Waals surface area contributed by atoms with Crippen molar-refractivity contribution in [3.05, 3.63) is 48.2 Å². The molecule has 4 N–H and O–H groups in total. The number of H-pyrrole nitrogens is 1. The first kappa shape index (κ1) is 19.9. The molecule has 0 atom stereocenters. The van der Waals surface area contributed by atoms with Crippen molar-refractivity contribution in [3.63, 3.8) is 0 Å². The molecule has 30 heavy (non-hydrogen) atoms. The maximum absolute atomic E-state index is 13.4. The summed E-state index contributed by atoms with van der Waals surface area (Å²) in [5.41, 5.74) is 6.97. The summed E-state index contributed by atoms with van der Waals surface area (Å²) in [4.78, 5) is 28.0. The number of hydrogen-bond donors (Lipinski definition) is 3. The highest BCUT2D eigenvalue weighted by Crippen LogP contribution is 2.35. The molecule has 2 aromatic heterocycles. The summed E-state index contributed by atoms with van der Waals surface area (Å²) < 4.78 is 24.9. The zero-order chi connectivity index (χ0) is 21.3. The predicted octanol–water partition coefficient (Wildman–Crippen LogP) is 2.25. The fourth-order valence-corrected chi connectivity index (χ4v) is 3.03. The van der Waals surface area contributed by atoms with Gasteiger partial charge in [-0.1, -0.05) is 0 Å². The average Bonchev–Trinajstić information content (AvgIpc) is 3.20. The number of nitrogens with one attached hydrogen (secondary N) is 2. The van der Waals surface area contributed by atoms with Crippen molar-refractivity contribution in [1.82, 2.24) is 19.9 Å². The Kier molecular flexibility index (Phi) is 5.18. The number of halogens is 1. The van der Waals surface area contributed by atoms with E-state index < -0.39 is 17.6 Å². The average molecular weight is 412 g/mol. The molecular formula is C20H21FN6O3. The van der Waals surface area contributed by atoms with Gasteiger partial charge in [0.2, 0.25) is 18.1 Å². The van der Waals surface area contributed by atoms with Crippen molar-refractivity contribution in [3.8, 4) is 22.6 Å². The molecule has 1 aliphatic heterocycles. The molecule has 0 unspecified atom stereocenters. The molecule has 1 saturated heterocycles. The van der Waals surface area contributed by atoms with E-state index in [0.717, 1.165) is 0 Å². The van der Waals surface area contributed by atoms with E-state index >= 15 is 0 Å². The van der Waals surface area contributed by atoms with E-state index in [1.54, 1.807) is 38.4 Å². The number of aromatic nitrogens is 4. The van der Waals surface area contributed by atoms with Crippen molar-refractivity contribution in [1.29, 1.82) is 0 Å². The highest BCUT2D eigenvalue weighted by molar-refractivity contribution is 5.81. The van der Waals surface area contributed by atoms with Gasteiger partial charge in [0, 0.05) is 18.8 Å². The molecule has 3 heterocycles. The van der Waals surface area contributed by atoms with Crippen LogP contribution >= 0.6 is 0 Å². The number of anilines is 1. The van der Waals surface area contributed by atoms with Gasteiger partial charge < -0.3 is 25.5 Å². The summed E-state index contributed by atoms with van der Waals surface area (Å²) in [6.07, 6.45) is 0.811. The number of benzene rings is 1. The second kappa shape index (κ2) is 7.81. The maximum Gasteiger partial charge on any atom is 0.228 e. The Morgan fingerprint density at radius 2 is 1.93 bits per heavy atom.